The average Bonchev–Trinajstić information content (AvgIpc) is 3.11. The lowest BCUT2D eigenvalue weighted by Crippen LogP contribution is -2.29. The van der Waals surface area contributed by atoms with Gasteiger partial charge in [-0.3, -0.25) is 14.5 Å². The van der Waals surface area contributed by atoms with Crippen molar-refractivity contribution in [1.82, 2.24) is 4.90 Å². The number of amides is 2. The first-order chi connectivity index (χ1) is 17.5. The van der Waals surface area contributed by atoms with E-state index < -0.39 is 22.7 Å². The Morgan fingerprint density at radius 3 is 2.51 bits per heavy atom. The molecule has 0 aliphatic carbocycles. The summed E-state index contributed by atoms with van der Waals surface area (Å²) < 4.78 is 49.9. The Bertz CT molecular complexity index is 1220. The number of carbonyl (C=O) groups is 2. The average molecular weight is 573 g/mol. The molecular weight excluding hydrogens is 549 g/mol. The van der Waals surface area contributed by atoms with Crippen LogP contribution in [0.2, 0.25) is 5.02 Å². The number of rotatable bonds is 10. The van der Waals surface area contributed by atoms with Gasteiger partial charge in [0.2, 0.25) is 5.91 Å². The van der Waals surface area contributed by atoms with Gasteiger partial charge in [0, 0.05) is 18.7 Å². The summed E-state index contributed by atoms with van der Waals surface area (Å²) in [7, 11) is 3.08. The molecule has 0 spiro atoms. The van der Waals surface area contributed by atoms with E-state index in [1.807, 2.05) is 6.07 Å². The number of alkyl halides is 3. The van der Waals surface area contributed by atoms with E-state index in [0.717, 1.165) is 17.7 Å². The van der Waals surface area contributed by atoms with Crippen molar-refractivity contribution in [3.05, 3.63) is 57.5 Å². The Morgan fingerprint density at radius 2 is 1.84 bits per heavy atom. The molecule has 1 heterocycles. The largest absolute Gasteiger partial charge is 0.493 e. The number of anilines is 1. The Hall–Kier alpha value is -2.76. The number of benzene rings is 2. The molecule has 2 aromatic rings. The SMILES string of the molecule is COc1ccc(/C=C2\SC(=S)N(CCCCCC(=O)Nc3ccc(Cl)c(C(F)(F)F)c3)C2=O)cc1OC. The number of hydrogen-bond acceptors (Lipinski definition) is 6. The van der Waals surface area contributed by atoms with E-state index in [9.17, 15) is 22.8 Å². The number of thiocarbonyl (C=S) groups is 1. The molecule has 2 amide bonds. The second-order valence-electron chi connectivity index (χ2n) is 8.00. The van der Waals surface area contributed by atoms with Crippen molar-refractivity contribution in [1.29, 1.82) is 0 Å². The van der Waals surface area contributed by atoms with Gasteiger partial charge in [0.05, 0.1) is 29.7 Å². The van der Waals surface area contributed by atoms with E-state index in [-0.39, 0.29) is 18.0 Å². The number of halogens is 4. The third kappa shape index (κ3) is 7.62. The second-order valence-corrected chi connectivity index (χ2v) is 10.1. The Morgan fingerprint density at radius 1 is 1.11 bits per heavy atom. The highest BCUT2D eigenvalue weighted by atomic mass is 35.5. The number of nitrogens with one attached hydrogen (secondary N) is 1. The molecule has 0 atom stereocenters. The molecule has 0 saturated carbocycles. The van der Waals surface area contributed by atoms with Gasteiger partial charge in [-0.1, -0.05) is 48.1 Å². The molecule has 6 nitrogen and oxygen atoms in total. The summed E-state index contributed by atoms with van der Waals surface area (Å²) in [5, 5.41) is 2.03. The predicted octanol–water partition coefficient (Wildman–Crippen LogP) is 6.78. The van der Waals surface area contributed by atoms with Gasteiger partial charge in [0.25, 0.3) is 5.91 Å². The number of unbranched alkanes of at least 4 members (excludes halogenated alkanes) is 2. The van der Waals surface area contributed by atoms with Crippen molar-refractivity contribution < 1.29 is 32.2 Å². The van der Waals surface area contributed by atoms with Crippen LogP contribution in [0.25, 0.3) is 6.08 Å². The summed E-state index contributed by atoms with van der Waals surface area (Å²) >= 11 is 12.2. The maximum atomic E-state index is 13.0. The molecule has 1 aliphatic heterocycles. The molecule has 1 saturated heterocycles. The molecule has 1 N–H and O–H groups in total. The summed E-state index contributed by atoms with van der Waals surface area (Å²) in [6.07, 6.45) is -0.994. The number of nitrogens with zero attached hydrogens (tertiary/aromatic N) is 1. The molecule has 1 aliphatic rings. The quantitative estimate of drug-likeness (QED) is 0.192. The maximum absolute atomic E-state index is 13.0. The molecule has 1 fully saturated rings. The van der Waals surface area contributed by atoms with E-state index >= 15 is 0 Å². The Kier molecular flexibility index (Phi) is 9.86. The molecule has 37 heavy (non-hydrogen) atoms. The second kappa shape index (κ2) is 12.7. The molecule has 0 unspecified atom stereocenters. The van der Waals surface area contributed by atoms with Crippen LogP contribution in [0.15, 0.2) is 41.3 Å². The van der Waals surface area contributed by atoms with E-state index in [1.165, 1.54) is 29.8 Å². The van der Waals surface area contributed by atoms with Gasteiger partial charge in [-0.25, -0.2) is 0 Å². The first-order valence-electron chi connectivity index (χ1n) is 11.2. The lowest BCUT2D eigenvalue weighted by molar-refractivity contribution is -0.137. The molecule has 198 valence electrons. The zero-order valence-corrected chi connectivity index (χ0v) is 22.4. The summed E-state index contributed by atoms with van der Waals surface area (Å²) in [5.41, 5.74) is -0.205. The molecular formula is C25H24ClF3N2O4S2. The number of carbonyl (C=O) groups excluding carboxylic acids is 2. The number of ether oxygens (including phenoxy) is 2. The number of thioether (sulfide) groups is 1. The van der Waals surface area contributed by atoms with Crippen LogP contribution in [0.3, 0.4) is 0 Å². The molecule has 0 bridgehead atoms. The molecule has 2 aromatic carbocycles. The Balaban J connectivity index is 1.47. The fourth-order valence-electron chi connectivity index (χ4n) is 3.56. The fourth-order valence-corrected chi connectivity index (χ4v) is 5.10. The summed E-state index contributed by atoms with van der Waals surface area (Å²) in [6, 6.07) is 8.56. The normalized spacial score (nSPS) is 14.9. The van der Waals surface area contributed by atoms with Crippen LogP contribution in [-0.2, 0) is 15.8 Å². The minimum Gasteiger partial charge on any atom is -0.493 e. The topological polar surface area (TPSA) is 67.9 Å². The van der Waals surface area contributed by atoms with Crippen molar-refractivity contribution in [2.45, 2.75) is 31.9 Å². The predicted molar refractivity (Wildman–Crippen MR) is 143 cm³/mol. The number of methoxy groups -OCH3 is 2. The minimum absolute atomic E-state index is 0.0283. The van der Waals surface area contributed by atoms with Crippen molar-refractivity contribution in [2.24, 2.45) is 0 Å². The highest BCUT2D eigenvalue weighted by molar-refractivity contribution is 8.26. The van der Waals surface area contributed by atoms with Crippen LogP contribution in [0, 0.1) is 0 Å². The first-order valence-corrected chi connectivity index (χ1v) is 12.8. The summed E-state index contributed by atoms with van der Waals surface area (Å²) in [5.74, 6) is 0.539. The van der Waals surface area contributed by atoms with Gasteiger partial charge in [-0.15, -0.1) is 0 Å². The van der Waals surface area contributed by atoms with Gasteiger partial charge in [-0.05, 0) is 54.8 Å². The van der Waals surface area contributed by atoms with E-state index in [0.29, 0.717) is 46.5 Å². The Labute approximate surface area is 227 Å². The first kappa shape index (κ1) is 28.8. The van der Waals surface area contributed by atoms with Crippen molar-refractivity contribution >= 4 is 63.5 Å². The minimum atomic E-state index is -4.61. The maximum Gasteiger partial charge on any atom is 0.417 e. The van der Waals surface area contributed by atoms with Crippen molar-refractivity contribution in [2.75, 3.05) is 26.1 Å². The van der Waals surface area contributed by atoms with Crippen LogP contribution in [0.4, 0.5) is 18.9 Å². The van der Waals surface area contributed by atoms with Crippen LogP contribution in [-0.4, -0.2) is 41.8 Å². The monoisotopic (exact) mass is 572 g/mol. The van der Waals surface area contributed by atoms with Gasteiger partial charge in [0.15, 0.2) is 11.5 Å². The summed E-state index contributed by atoms with van der Waals surface area (Å²) in [4.78, 5) is 27.0. The van der Waals surface area contributed by atoms with Crippen molar-refractivity contribution in [3.8, 4) is 11.5 Å². The zero-order chi connectivity index (χ0) is 27.2. The standard InChI is InChI=1S/C25H24ClF3N2O4S2/c1-34-19-10-7-15(12-20(19)35-2)13-21-23(33)31(24(36)37-21)11-5-3-4-6-22(32)30-16-8-9-18(26)17(14-16)25(27,28)29/h7-10,12-14H,3-6,11H2,1-2H3,(H,30,32)/b21-13-. The highest BCUT2D eigenvalue weighted by Gasteiger charge is 2.33. The van der Waals surface area contributed by atoms with Crippen LogP contribution < -0.4 is 14.8 Å². The lowest BCUT2D eigenvalue weighted by atomic mass is 10.1. The van der Waals surface area contributed by atoms with Gasteiger partial charge >= 0.3 is 6.18 Å². The molecule has 12 heteroatoms. The molecule has 0 aromatic heterocycles. The van der Waals surface area contributed by atoms with Crippen LogP contribution in [0.5, 0.6) is 11.5 Å². The zero-order valence-electron chi connectivity index (χ0n) is 20.0. The highest BCUT2D eigenvalue weighted by Crippen LogP contribution is 2.37. The van der Waals surface area contributed by atoms with Crippen molar-refractivity contribution in [3.63, 3.8) is 0 Å². The third-order valence-corrected chi connectivity index (χ3v) is 7.13. The number of hydrogen-bond donors (Lipinski definition) is 1. The lowest BCUT2D eigenvalue weighted by Gasteiger charge is -2.14. The van der Waals surface area contributed by atoms with Gasteiger partial charge in [0.1, 0.15) is 4.32 Å². The van der Waals surface area contributed by atoms with E-state index in [2.05, 4.69) is 5.32 Å². The van der Waals surface area contributed by atoms with Gasteiger partial charge in [-0.2, -0.15) is 13.2 Å². The summed E-state index contributed by atoms with van der Waals surface area (Å²) in [6.45, 7) is 0.404. The van der Waals surface area contributed by atoms with E-state index in [1.54, 1.807) is 25.3 Å². The fraction of sp³-hybridized carbons (Fsp3) is 0.320. The van der Waals surface area contributed by atoms with Gasteiger partial charge < -0.3 is 14.8 Å². The van der Waals surface area contributed by atoms with E-state index in [4.69, 9.17) is 33.3 Å². The smallest absolute Gasteiger partial charge is 0.417 e. The molecule has 3 rings (SSSR count). The molecule has 0 radical (unpaired) electrons. The van der Waals surface area contributed by atoms with Crippen LogP contribution >= 0.6 is 35.6 Å². The van der Waals surface area contributed by atoms with Crippen LogP contribution in [0.1, 0.15) is 36.8 Å². The third-order valence-electron chi connectivity index (χ3n) is 5.42.